The summed E-state index contributed by atoms with van der Waals surface area (Å²) in [6.45, 7) is -2.28. The third-order valence-corrected chi connectivity index (χ3v) is 19.8. The fraction of sp³-hybridized carbons (Fsp3) is 0.537. The molecule has 0 bridgehead atoms. The van der Waals surface area contributed by atoms with Crippen LogP contribution in [0.2, 0.25) is 0 Å². The molecule has 0 aromatic heterocycles. The van der Waals surface area contributed by atoms with E-state index < -0.39 is 151 Å². The van der Waals surface area contributed by atoms with E-state index in [1.54, 1.807) is 48.5 Å². The second-order valence-corrected chi connectivity index (χ2v) is 26.2. The van der Waals surface area contributed by atoms with E-state index in [9.17, 15) is 54.0 Å². The first-order valence-corrected chi connectivity index (χ1v) is 33.5. The summed E-state index contributed by atoms with van der Waals surface area (Å²) in [6.07, 6.45) is 5.32. The number of carboxylic acid groups (broad SMARTS) is 2. The Labute approximate surface area is 566 Å². The summed E-state index contributed by atoms with van der Waals surface area (Å²) in [5.41, 5.74) is 30.7. The molecule has 0 radical (unpaired) electrons. The largest absolute Gasteiger partial charge is 0.480 e. The van der Waals surface area contributed by atoms with Gasteiger partial charge in [-0.05, 0) is 123 Å². The molecule has 0 spiro atoms. The van der Waals surface area contributed by atoms with Gasteiger partial charge in [0.2, 0.25) is 47.3 Å². The van der Waals surface area contributed by atoms with Crippen LogP contribution in [0.15, 0.2) is 82.8 Å². The number of carbonyl (C=O) groups is 11. The molecule has 2 saturated heterocycles. The number of guanidine groups is 2. The van der Waals surface area contributed by atoms with Gasteiger partial charge in [0.05, 0.1) is 19.6 Å². The van der Waals surface area contributed by atoms with Gasteiger partial charge in [0, 0.05) is 62.4 Å². The molecule has 9 amide bonds. The zero-order valence-corrected chi connectivity index (χ0v) is 54.5. The average molecular weight is 1360 g/mol. The van der Waals surface area contributed by atoms with Crippen molar-refractivity contribution in [2.45, 2.75) is 189 Å². The number of amides is 9. The zero-order valence-electron chi connectivity index (χ0n) is 54.5. The highest BCUT2D eigenvalue weighted by molar-refractivity contribution is 6.02. The summed E-state index contributed by atoms with van der Waals surface area (Å²) in [5.74, 6) is -10.9. The van der Waals surface area contributed by atoms with Crippen LogP contribution in [0.5, 0.6) is 0 Å². The van der Waals surface area contributed by atoms with Gasteiger partial charge >= 0.3 is 11.9 Å². The molecular weight excluding hydrogens is 1270 g/mol. The Hall–Kier alpha value is -9.91. The molecule has 98 heavy (non-hydrogen) atoms. The van der Waals surface area contributed by atoms with E-state index in [2.05, 4.69) is 36.6 Å². The predicted molar refractivity (Wildman–Crippen MR) is 355 cm³/mol. The number of hydrogen-bond donors (Lipinski definition) is 14. The number of hydrogen-bond acceptors (Lipinski definition) is 16. The summed E-state index contributed by atoms with van der Waals surface area (Å²) in [6, 6.07) is 5.61. The number of nitrogens with one attached hydrogen (secondary N) is 5. The number of nitrogen functional groups attached to an aromatic ring is 1. The number of carboxylic acids is 2. The van der Waals surface area contributed by atoms with Crippen molar-refractivity contribution in [1.29, 1.82) is 0 Å². The number of aliphatic hydroxyl groups excluding tert-OH is 2. The number of aliphatic imine (C=N–C) groups is 2. The van der Waals surface area contributed by atoms with Gasteiger partial charge in [-0.15, -0.1) is 0 Å². The van der Waals surface area contributed by atoms with E-state index in [1.165, 1.54) is 43.9 Å². The van der Waals surface area contributed by atoms with Crippen LogP contribution >= 0.6 is 0 Å². The Balaban J connectivity index is 0.951. The molecule has 31 heteroatoms. The van der Waals surface area contributed by atoms with Gasteiger partial charge < -0.3 is 95.3 Å². The second-order valence-electron chi connectivity index (χ2n) is 26.2. The molecule has 13 atom stereocenters. The Bertz CT molecular complexity index is 3530. The first-order valence-electron chi connectivity index (χ1n) is 33.5. The van der Waals surface area contributed by atoms with Gasteiger partial charge in [-0.3, -0.25) is 53.1 Å². The quantitative estimate of drug-likeness (QED) is 0.0173. The maximum atomic E-state index is 15.5. The topological polar surface area (TPSA) is 497 Å². The van der Waals surface area contributed by atoms with E-state index in [4.69, 9.17) is 28.7 Å². The zero-order chi connectivity index (χ0) is 70.5. The Morgan fingerprint density at radius 2 is 0.918 bits per heavy atom. The number of nitrogens with two attached hydrogens (primary N) is 5. The molecule has 2 saturated carbocycles. The van der Waals surface area contributed by atoms with E-state index in [-0.39, 0.29) is 107 Å². The lowest BCUT2D eigenvalue weighted by atomic mass is 9.84. The van der Waals surface area contributed by atoms with Gasteiger partial charge in [-0.25, -0.2) is 9.59 Å². The molecule has 528 valence electrons. The van der Waals surface area contributed by atoms with Crippen LogP contribution in [0, 0.1) is 11.8 Å². The molecule has 4 unspecified atom stereocenters. The molecule has 2 aliphatic carbocycles. The molecule has 4 fully saturated rings. The van der Waals surface area contributed by atoms with Crippen molar-refractivity contribution < 1.29 is 73.2 Å². The van der Waals surface area contributed by atoms with Crippen LogP contribution in [-0.4, -0.2) is 210 Å². The van der Waals surface area contributed by atoms with Gasteiger partial charge in [-0.2, -0.15) is 0 Å². The normalized spacial score (nSPS) is 23.0. The van der Waals surface area contributed by atoms with Crippen molar-refractivity contribution in [2.24, 2.45) is 44.8 Å². The Morgan fingerprint density at radius 3 is 1.34 bits per heavy atom. The average Bonchev–Trinajstić information content (AvgIpc) is 1.50. The first kappa shape index (κ1) is 72.4. The maximum absolute atomic E-state index is 15.5. The van der Waals surface area contributed by atoms with E-state index in [0.717, 1.165) is 25.7 Å². The van der Waals surface area contributed by atoms with E-state index in [1.807, 2.05) is 0 Å². The third-order valence-electron chi connectivity index (χ3n) is 19.8. The van der Waals surface area contributed by atoms with Crippen molar-refractivity contribution in [1.82, 2.24) is 46.2 Å². The van der Waals surface area contributed by atoms with Crippen molar-refractivity contribution in [2.75, 3.05) is 32.0 Å². The molecule has 3 aromatic rings. The van der Waals surface area contributed by atoms with Crippen molar-refractivity contribution >= 4 is 82.7 Å². The van der Waals surface area contributed by atoms with E-state index >= 15 is 19.2 Å². The lowest BCUT2D eigenvalue weighted by molar-refractivity contribution is -0.154. The number of anilines is 1. The van der Waals surface area contributed by atoms with Crippen molar-refractivity contribution in [3.05, 3.63) is 101 Å². The molecule has 6 aliphatic rings. The van der Waals surface area contributed by atoms with Gasteiger partial charge in [0.1, 0.15) is 54.4 Å². The highest BCUT2D eigenvalue weighted by Gasteiger charge is 2.54. The molecule has 4 heterocycles. The number of aliphatic carboxylic acids is 2. The lowest BCUT2D eigenvalue weighted by Crippen LogP contribution is -2.63. The number of likely N-dealkylation sites (tertiary alicyclic amines) is 2. The van der Waals surface area contributed by atoms with Crippen LogP contribution in [0.1, 0.15) is 129 Å². The summed E-state index contributed by atoms with van der Waals surface area (Å²) in [4.78, 5) is 171. The fourth-order valence-corrected chi connectivity index (χ4v) is 14.9. The standard InChI is InChI=1S/C67H90N16O15/c68-43-23-21-36(22-24-43)56(87)78-46(57(88)79-48(35-85)61(92)81-33-42-16-4-2-12-38(42)28-54(81)63(94)83-50-20-8-6-14-40(50)30-52(83)59(90)77-45(65(97)98)18-10-26-74-67(71)72)31-55(86)75-47(34-84)60(91)80-32-41-15-3-1-11-37(41)27-53(80)62(93)82-49-19-7-5-13-39(49)29-51(82)58(89)76-44(64(95)96)17-9-25-73-66(69)70/h1-4,11-12,15-16,21-24,39-40,44-54,84-85H,5-10,13-14,17-20,25-35,68H2,(H,75,86)(H,76,89)(H,77,90)(H,78,87)(H,79,88)(H,95,96)(H,97,98)(H4,69,70,73)(H4,71,72,74)/t39?,40?,44-,45-,46+,47-,48-,49?,50?,51-,52-,53+,54+/m0/s1. The predicted octanol–water partition coefficient (Wildman–Crippen LogP) is -1.82. The number of carbonyl (C=O) groups excluding carboxylic acids is 9. The fourth-order valence-electron chi connectivity index (χ4n) is 14.9. The number of aliphatic hydroxyl groups is 2. The third kappa shape index (κ3) is 17.3. The minimum absolute atomic E-state index is 0.0149. The minimum atomic E-state index is -1.89. The summed E-state index contributed by atoms with van der Waals surface area (Å²) < 4.78 is 0. The van der Waals surface area contributed by atoms with Crippen LogP contribution in [0.4, 0.5) is 5.69 Å². The molecule has 4 aliphatic heterocycles. The number of rotatable bonds is 27. The number of fused-ring (bicyclic) bond motifs is 4. The molecule has 31 nitrogen and oxygen atoms in total. The molecular formula is C67H90N16O15. The first-order chi connectivity index (χ1) is 47.0. The monoisotopic (exact) mass is 1360 g/mol. The van der Waals surface area contributed by atoms with Crippen molar-refractivity contribution in [3.8, 4) is 0 Å². The van der Waals surface area contributed by atoms with Crippen LogP contribution in [-0.2, 0) is 73.9 Å². The SMILES string of the molecule is NC(N)=NCCC[C@H](NC(=O)[C@@H]1CC2CCCCC2N1C(=O)[C@H]1Cc2ccccc2CN1C(=O)[C@H](CO)NC(=O)C[C@@H](NC(=O)c1ccc(N)cc1)C(=O)N[C@@H](CO)C(=O)N1Cc2ccccc2C[C@@H]1C(=O)N1C2CCCCC2C[C@H]1C(=O)N[C@@H](CCCN=C(N)N)C(=O)O)C(=O)O. The summed E-state index contributed by atoms with van der Waals surface area (Å²) in [7, 11) is 0. The van der Waals surface area contributed by atoms with Crippen LogP contribution in [0.3, 0.4) is 0 Å². The summed E-state index contributed by atoms with van der Waals surface area (Å²) >= 11 is 0. The van der Waals surface area contributed by atoms with E-state index in [0.29, 0.717) is 53.6 Å². The van der Waals surface area contributed by atoms with Crippen LogP contribution in [0.25, 0.3) is 0 Å². The molecule has 9 rings (SSSR count). The lowest BCUT2D eigenvalue weighted by Gasteiger charge is -2.42. The summed E-state index contributed by atoms with van der Waals surface area (Å²) in [5, 5.41) is 55.2. The molecule has 19 N–H and O–H groups in total. The maximum Gasteiger partial charge on any atom is 0.326 e. The van der Waals surface area contributed by atoms with Gasteiger partial charge in [-0.1, -0.05) is 74.2 Å². The van der Waals surface area contributed by atoms with Gasteiger partial charge in [0.25, 0.3) is 5.91 Å². The smallest absolute Gasteiger partial charge is 0.326 e. The highest BCUT2D eigenvalue weighted by atomic mass is 16.4. The number of nitrogens with zero attached hydrogens (tertiary/aromatic N) is 6. The second kappa shape index (κ2) is 32.9. The molecule has 3 aromatic carbocycles. The Morgan fingerprint density at radius 1 is 0.500 bits per heavy atom. The van der Waals surface area contributed by atoms with Crippen LogP contribution < -0.4 is 55.3 Å². The van der Waals surface area contributed by atoms with Crippen molar-refractivity contribution in [3.63, 3.8) is 0 Å². The van der Waals surface area contributed by atoms with Gasteiger partial charge in [0.15, 0.2) is 11.9 Å². The number of benzene rings is 3. The minimum Gasteiger partial charge on any atom is -0.480 e. The Kier molecular flexibility index (Phi) is 24.3. The highest BCUT2D eigenvalue weighted by Crippen LogP contribution is 2.43.